The van der Waals surface area contributed by atoms with Crippen molar-refractivity contribution in [3.05, 3.63) is 16.0 Å². The molecule has 0 radical (unpaired) electrons. The zero-order chi connectivity index (χ0) is 18.4. The van der Waals surface area contributed by atoms with Crippen molar-refractivity contribution in [1.29, 1.82) is 0 Å². The van der Waals surface area contributed by atoms with Crippen LogP contribution >= 0.6 is 11.3 Å². The lowest BCUT2D eigenvalue weighted by molar-refractivity contribution is -0.115. The molecule has 2 rings (SSSR count). The lowest BCUT2D eigenvalue weighted by atomic mass is 9.95. The molecule has 1 aliphatic carbocycles. The van der Waals surface area contributed by atoms with E-state index in [9.17, 15) is 14.4 Å². The highest BCUT2D eigenvalue weighted by molar-refractivity contribution is 7.18. The van der Waals surface area contributed by atoms with Crippen molar-refractivity contribution in [3.8, 4) is 0 Å². The van der Waals surface area contributed by atoms with Gasteiger partial charge in [-0.2, -0.15) is 0 Å². The molecule has 6 nitrogen and oxygen atoms in total. The molecule has 138 valence electrons. The van der Waals surface area contributed by atoms with Gasteiger partial charge in [0, 0.05) is 12.5 Å². The molecule has 0 atom stereocenters. The van der Waals surface area contributed by atoms with Crippen LogP contribution in [0.5, 0.6) is 0 Å². The van der Waals surface area contributed by atoms with Crippen LogP contribution in [0.25, 0.3) is 0 Å². The Morgan fingerprint density at radius 1 is 1.16 bits per heavy atom. The monoisotopic (exact) mass is 366 g/mol. The maximum absolute atomic E-state index is 12.7. The number of carbonyl (C=O) groups is 3. The zero-order valence-electron chi connectivity index (χ0n) is 15.1. The number of hydrogen-bond donors (Lipinski definition) is 2. The molecular weight excluding hydrogens is 340 g/mol. The Bertz CT molecular complexity index is 648. The highest BCUT2D eigenvalue weighted by Gasteiger charge is 2.27. The van der Waals surface area contributed by atoms with Gasteiger partial charge in [0.1, 0.15) is 5.00 Å². The first-order valence-electron chi connectivity index (χ1n) is 8.89. The summed E-state index contributed by atoms with van der Waals surface area (Å²) in [5.74, 6) is -0.901. The molecule has 1 aliphatic rings. The number of amides is 2. The Morgan fingerprint density at radius 2 is 1.84 bits per heavy atom. The third kappa shape index (κ3) is 4.81. The minimum atomic E-state index is -0.514. The second-order valence-corrected chi connectivity index (χ2v) is 7.21. The molecule has 1 aromatic rings. The van der Waals surface area contributed by atoms with Gasteiger partial charge in [-0.05, 0) is 32.3 Å². The molecule has 1 saturated carbocycles. The molecule has 0 unspecified atom stereocenters. The van der Waals surface area contributed by atoms with Gasteiger partial charge in [-0.25, -0.2) is 4.79 Å². The molecule has 1 fully saturated rings. The number of thiophene rings is 1. The topological polar surface area (TPSA) is 84.5 Å². The number of ether oxygens (including phenoxy) is 1. The van der Waals surface area contributed by atoms with Crippen LogP contribution in [-0.4, -0.2) is 30.4 Å². The molecule has 0 aromatic carbocycles. The van der Waals surface area contributed by atoms with Crippen molar-refractivity contribution in [2.75, 3.05) is 11.9 Å². The quantitative estimate of drug-likeness (QED) is 0.753. The fourth-order valence-corrected chi connectivity index (χ4v) is 4.09. The summed E-state index contributed by atoms with van der Waals surface area (Å²) in [6.45, 7) is 5.41. The average molecular weight is 366 g/mol. The molecular formula is C18H26N2O4S. The predicted octanol–water partition coefficient (Wildman–Crippen LogP) is 3.64. The zero-order valence-corrected chi connectivity index (χ0v) is 15.9. The number of nitrogens with one attached hydrogen (secondary N) is 2. The first-order chi connectivity index (χ1) is 12.0. The van der Waals surface area contributed by atoms with Crippen molar-refractivity contribution in [1.82, 2.24) is 5.32 Å². The summed E-state index contributed by atoms with van der Waals surface area (Å²) in [5.41, 5.74) is 0.839. The standard InChI is InChI=1S/C18H26N2O4S/c1-4-13(21)20-17-14(18(23)24-5-2)11(3)15(25-17)16(22)19-12-9-7-6-8-10-12/h12H,4-10H2,1-3H3,(H,19,22)(H,20,21). The first-order valence-corrected chi connectivity index (χ1v) is 9.70. The van der Waals surface area contributed by atoms with Gasteiger partial charge in [0.15, 0.2) is 0 Å². The van der Waals surface area contributed by atoms with Crippen molar-refractivity contribution in [2.45, 2.75) is 65.3 Å². The fraction of sp³-hybridized carbons (Fsp3) is 0.611. The van der Waals surface area contributed by atoms with Crippen LogP contribution < -0.4 is 10.6 Å². The summed E-state index contributed by atoms with van der Waals surface area (Å²) in [4.78, 5) is 37.2. The lowest BCUT2D eigenvalue weighted by Crippen LogP contribution is -2.36. The minimum Gasteiger partial charge on any atom is -0.462 e. The van der Waals surface area contributed by atoms with E-state index in [1.807, 2.05) is 0 Å². The second-order valence-electron chi connectivity index (χ2n) is 6.19. The van der Waals surface area contributed by atoms with Crippen LogP contribution in [0.2, 0.25) is 0 Å². The second kappa shape index (κ2) is 8.99. The van der Waals surface area contributed by atoms with Gasteiger partial charge >= 0.3 is 5.97 Å². The Balaban J connectivity index is 2.27. The van der Waals surface area contributed by atoms with E-state index >= 15 is 0 Å². The summed E-state index contributed by atoms with van der Waals surface area (Å²) < 4.78 is 5.09. The third-order valence-electron chi connectivity index (χ3n) is 4.35. The van der Waals surface area contributed by atoms with E-state index in [1.54, 1.807) is 20.8 Å². The van der Waals surface area contributed by atoms with Crippen molar-refractivity contribution < 1.29 is 19.1 Å². The molecule has 0 saturated heterocycles. The number of anilines is 1. The van der Waals surface area contributed by atoms with Crippen molar-refractivity contribution in [3.63, 3.8) is 0 Å². The van der Waals surface area contributed by atoms with E-state index in [4.69, 9.17) is 4.74 Å². The summed E-state index contributed by atoms with van der Waals surface area (Å²) in [6.07, 6.45) is 5.73. The maximum atomic E-state index is 12.7. The number of esters is 1. The van der Waals surface area contributed by atoms with E-state index in [1.165, 1.54) is 6.42 Å². The maximum Gasteiger partial charge on any atom is 0.341 e. The largest absolute Gasteiger partial charge is 0.462 e. The molecule has 2 N–H and O–H groups in total. The van der Waals surface area contributed by atoms with Crippen LogP contribution in [-0.2, 0) is 9.53 Å². The summed E-state index contributed by atoms with van der Waals surface area (Å²) in [5, 5.41) is 6.17. The summed E-state index contributed by atoms with van der Waals surface area (Å²) in [6, 6.07) is 0.183. The lowest BCUT2D eigenvalue weighted by Gasteiger charge is -2.22. The van der Waals surface area contributed by atoms with Crippen LogP contribution in [0.15, 0.2) is 0 Å². The first kappa shape index (κ1) is 19.4. The number of carbonyl (C=O) groups excluding carboxylic acids is 3. The summed E-state index contributed by atoms with van der Waals surface area (Å²) in [7, 11) is 0. The Morgan fingerprint density at radius 3 is 2.44 bits per heavy atom. The van der Waals surface area contributed by atoms with Gasteiger partial charge in [-0.15, -0.1) is 11.3 Å². The average Bonchev–Trinajstić information content (AvgIpc) is 2.92. The predicted molar refractivity (Wildman–Crippen MR) is 98.3 cm³/mol. The van der Waals surface area contributed by atoms with E-state index in [0.717, 1.165) is 37.0 Å². The molecule has 0 spiro atoms. The van der Waals surface area contributed by atoms with Gasteiger partial charge in [0.05, 0.1) is 17.0 Å². The van der Waals surface area contributed by atoms with Crippen LogP contribution in [0.4, 0.5) is 5.00 Å². The van der Waals surface area contributed by atoms with Gasteiger partial charge in [-0.3, -0.25) is 9.59 Å². The fourth-order valence-electron chi connectivity index (χ4n) is 2.98. The van der Waals surface area contributed by atoms with Crippen molar-refractivity contribution >= 4 is 34.1 Å². The summed E-state index contributed by atoms with van der Waals surface area (Å²) >= 11 is 1.14. The van der Waals surface area contributed by atoms with E-state index in [2.05, 4.69) is 10.6 Å². The van der Waals surface area contributed by atoms with Crippen LogP contribution in [0, 0.1) is 6.92 Å². The van der Waals surface area contributed by atoms with E-state index < -0.39 is 5.97 Å². The normalized spacial score (nSPS) is 14.8. The number of rotatable bonds is 6. The molecule has 25 heavy (non-hydrogen) atoms. The van der Waals surface area contributed by atoms with E-state index in [0.29, 0.717) is 21.9 Å². The molecule has 0 aliphatic heterocycles. The van der Waals surface area contributed by atoms with E-state index in [-0.39, 0.29) is 30.0 Å². The number of hydrogen-bond acceptors (Lipinski definition) is 5. The van der Waals surface area contributed by atoms with Gasteiger partial charge in [0.25, 0.3) is 5.91 Å². The van der Waals surface area contributed by atoms with Gasteiger partial charge < -0.3 is 15.4 Å². The SMILES string of the molecule is CCOC(=O)c1c(NC(=O)CC)sc(C(=O)NC2CCCCC2)c1C. The Hall–Kier alpha value is -1.89. The molecule has 1 aromatic heterocycles. The molecule has 0 bridgehead atoms. The highest BCUT2D eigenvalue weighted by atomic mass is 32.1. The van der Waals surface area contributed by atoms with Gasteiger partial charge in [0.2, 0.25) is 5.91 Å². The van der Waals surface area contributed by atoms with Crippen LogP contribution in [0.1, 0.15) is 78.0 Å². The van der Waals surface area contributed by atoms with Crippen LogP contribution in [0.3, 0.4) is 0 Å². The highest BCUT2D eigenvalue weighted by Crippen LogP contribution is 2.34. The Kier molecular flexibility index (Phi) is 6.99. The molecule has 2 amide bonds. The molecule has 1 heterocycles. The smallest absolute Gasteiger partial charge is 0.341 e. The third-order valence-corrected chi connectivity index (χ3v) is 5.55. The minimum absolute atomic E-state index is 0.183. The van der Waals surface area contributed by atoms with Crippen molar-refractivity contribution in [2.24, 2.45) is 0 Å². The van der Waals surface area contributed by atoms with Gasteiger partial charge in [-0.1, -0.05) is 26.2 Å². The molecule has 7 heteroatoms. The Labute approximate surface area is 152 Å².